The predicted octanol–water partition coefficient (Wildman–Crippen LogP) is 0.147. The molecule has 1 aromatic rings. The molecule has 0 radical (unpaired) electrons. The minimum atomic E-state index is -1.30. The fraction of sp³-hybridized carbons (Fsp3) is 0.500. The first kappa shape index (κ1) is 16.5. The van der Waals surface area contributed by atoms with E-state index in [0.29, 0.717) is 5.56 Å². The molecular formula is C16H22N2O4. The van der Waals surface area contributed by atoms with Gasteiger partial charge in [0.1, 0.15) is 18.2 Å². The molecule has 6 heteroatoms. The van der Waals surface area contributed by atoms with Gasteiger partial charge in [-0.25, -0.2) is 0 Å². The number of β-amino-alcohol motifs (C(OH)–C–C–N with tert-alkyl or cyclic N) is 1. The van der Waals surface area contributed by atoms with Crippen LogP contribution >= 0.6 is 0 Å². The Kier molecular flexibility index (Phi) is 4.53. The molecule has 0 aliphatic carbocycles. The number of nitrogens with zero attached hydrogens (tertiary/aromatic N) is 1. The number of hydrogen-bond donors (Lipinski definition) is 3. The Hall–Kier alpha value is -1.92. The number of amides is 2. The zero-order valence-electron chi connectivity index (χ0n) is 13.0. The second-order valence-corrected chi connectivity index (χ2v) is 6.57. The third-order valence-corrected chi connectivity index (χ3v) is 3.49. The summed E-state index contributed by atoms with van der Waals surface area (Å²) in [5.74, 6) is -0.855. The van der Waals surface area contributed by atoms with Crippen molar-refractivity contribution in [2.75, 3.05) is 6.54 Å². The standard InChI is InChI=1S/C16H22N2O4/c1-16(2,3)17-14(21)12-13(20)11(19)9-18(12)15(22)10-7-5-4-6-8-10/h4-8,11-13,19-20H,9H2,1-3H3,(H,17,21)/t11-,12?,13+/m0/s1. The lowest BCUT2D eigenvalue weighted by Gasteiger charge is -2.29. The first-order chi connectivity index (χ1) is 10.2. The van der Waals surface area contributed by atoms with Gasteiger partial charge in [0.25, 0.3) is 5.91 Å². The van der Waals surface area contributed by atoms with Crippen molar-refractivity contribution >= 4 is 11.8 Å². The van der Waals surface area contributed by atoms with Crippen LogP contribution in [0.5, 0.6) is 0 Å². The normalized spacial score (nSPS) is 25.1. The lowest BCUT2D eigenvalue weighted by molar-refractivity contribution is -0.129. The van der Waals surface area contributed by atoms with Crippen LogP contribution in [0, 0.1) is 0 Å². The lowest BCUT2D eigenvalue weighted by atomic mass is 10.1. The molecule has 0 aromatic heterocycles. The summed E-state index contributed by atoms with van der Waals surface area (Å²) in [5, 5.41) is 22.7. The highest BCUT2D eigenvalue weighted by atomic mass is 16.3. The molecule has 1 fully saturated rings. The molecule has 6 nitrogen and oxygen atoms in total. The largest absolute Gasteiger partial charge is 0.388 e. The molecule has 1 aliphatic rings. The topological polar surface area (TPSA) is 89.9 Å². The van der Waals surface area contributed by atoms with Gasteiger partial charge < -0.3 is 20.4 Å². The minimum absolute atomic E-state index is 0.0723. The Morgan fingerprint density at radius 3 is 2.32 bits per heavy atom. The van der Waals surface area contributed by atoms with E-state index in [1.165, 1.54) is 4.90 Å². The fourth-order valence-corrected chi connectivity index (χ4v) is 2.51. The van der Waals surface area contributed by atoms with Gasteiger partial charge in [0, 0.05) is 11.1 Å². The third-order valence-electron chi connectivity index (χ3n) is 3.49. The van der Waals surface area contributed by atoms with Crippen molar-refractivity contribution in [1.82, 2.24) is 10.2 Å². The summed E-state index contributed by atoms with van der Waals surface area (Å²) < 4.78 is 0. The van der Waals surface area contributed by atoms with Crippen LogP contribution in [0.4, 0.5) is 0 Å². The molecule has 1 saturated heterocycles. The smallest absolute Gasteiger partial charge is 0.254 e. The van der Waals surface area contributed by atoms with Gasteiger partial charge in [-0.1, -0.05) is 18.2 Å². The van der Waals surface area contributed by atoms with Gasteiger partial charge in [-0.15, -0.1) is 0 Å². The highest BCUT2D eigenvalue weighted by Gasteiger charge is 2.47. The first-order valence-corrected chi connectivity index (χ1v) is 7.25. The SMILES string of the molecule is CC(C)(C)NC(=O)C1[C@H](O)[C@@H](O)CN1C(=O)c1ccccc1. The average Bonchev–Trinajstić information content (AvgIpc) is 2.73. The molecule has 1 aliphatic heterocycles. The molecule has 3 N–H and O–H groups in total. The summed E-state index contributed by atoms with van der Waals surface area (Å²) in [4.78, 5) is 26.2. The van der Waals surface area contributed by atoms with E-state index in [1.807, 2.05) is 20.8 Å². The molecule has 0 bridgehead atoms. The highest BCUT2D eigenvalue weighted by Crippen LogP contribution is 2.22. The van der Waals surface area contributed by atoms with Crippen LogP contribution in [-0.4, -0.2) is 57.3 Å². The molecule has 1 heterocycles. The molecule has 2 rings (SSSR count). The van der Waals surface area contributed by atoms with Crippen molar-refractivity contribution < 1.29 is 19.8 Å². The van der Waals surface area contributed by atoms with E-state index >= 15 is 0 Å². The number of carbonyl (C=O) groups excluding carboxylic acids is 2. The second kappa shape index (κ2) is 6.06. The highest BCUT2D eigenvalue weighted by molar-refractivity contribution is 5.98. The first-order valence-electron chi connectivity index (χ1n) is 7.25. The summed E-state index contributed by atoms with van der Waals surface area (Å²) >= 11 is 0. The summed E-state index contributed by atoms with van der Waals surface area (Å²) in [7, 11) is 0. The number of benzene rings is 1. The van der Waals surface area contributed by atoms with Gasteiger partial charge in [0.15, 0.2) is 0 Å². The quantitative estimate of drug-likeness (QED) is 0.725. The molecule has 120 valence electrons. The Labute approximate surface area is 129 Å². The molecule has 1 unspecified atom stereocenters. The van der Waals surface area contributed by atoms with E-state index in [0.717, 1.165) is 0 Å². The van der Waals surface area contributed by atoms with Crippen molar-refractivity contribution in [1.29, 1.82) is 0 Å². The van der Waals surface area contributed by atoms with Gasteiger partial charge in [-0.3, -0.25) is 9.59 Å². The maximum absolute atomic E-state index is 12.5. The average molecular weight is 306 g/mol. The van der Waals surface area contributed by atoms with Gasteiger partial charge in [-0.2, -0.15) is 0 Å². The van der Waals surface area contributed by atoms with Gasteiger partial charge in [-0.05, 0) is 32.9 Å². The van der Waals surface area contributed by atoms with Crippen molar-refractivity contribution in [2.24, 2.45) is 0 Å². The van der Waals surface area contributed by atoms with Crippen LogP contribution in [0.15, 0.2) is 30.3 Å². The molecule has 22 heavy (non-hydrogen) atoms. The van der Waals surface area contributed by atoms with Crippen molar-refractivity contribution in [3.05, 3.63) is 35.9 Å². The Balaban J connectivity index is 2.25. The summed E-state index contributed by atoms with van der Waals surface area (Å²) in [6.07, 6.45) is -2.43. The number of aliphatic hydroxyl groups excluding tert-OH is 2. The van der Waals surface area contributed by atoms with E-state index in [1.54, 1.807) is 30.3 Å². The molecule has 0 spiro atoms. The number of nitrogens with one attached hydrogen (secondary N) is 1. The minimum Gasteiger partial charge on any atom is -0.388 e. The van der Waals surface area contributed by atoms with Crippen molar-refractivity contribution in [3.8, 4) is 0 Å². The number of rotatable bonds is 2. The van der Waals surface area contributed by atoms with Crippen LogP contribution in [-0.2, 0) is 4.79 Å². The van der Waals surface area contributed by atoms with Gasteiger partial charge in [0.2, 0.25) is 5.91 Å². The van der Waals surface area contributed by atoms with E-state index in [9.17, 15) is 19.8 Å². The third kappa shape index (κ3) is 3.45. The monoisotopic (exact) mass is 306 g/mol. The van der Waals surface area contributed by atoms with E-state index in [-0.39, 0.29) is 12.5 Å². The Morgan fingerprint density at radius 2 is 1.77 bits per heavy atom. The predicted molar refractivity (Wildman–Crippen MR) is 81.2 cm³/mol. The van der Waals surface area contributed by atoms with Crippen molar-refractivity contribution in [3.63, 3.8) is 0 Å². The lowest BCUT2D eigenvalue weighted by Crippen LogP contribution is -2.54. The second-order valence-electron chi connectivity index (χ2n) is 6.57. The molecular weight excluding hydrogens is 284 g/mol. The van der Waals surface area contributed by atoms with Crippen LogP contribution in [0.1, 0.15) is 31.1 Å². The van der Waals surface area contributed by atoms with Gasteiger partial charge in [0.05, 0.1) is 6.54 Å². The zero-order valence-corrected chi connectivity index (χ0v) is 13.0. The van der Waals surface area contributed by atoms with Crippen molar-refractivity contribution in [2.45, 2.75) is 44.6 Å². The van der Waals surface area contributed by atoms with Crippen LogP contribution in [0.25, 0.3) is 0 Å². The number of carbonyl (C=O) groups is 2. The zero-order chi connectivity index (χ0) is 16.5. The molecule has 1 aromatic carbocycles. The maximum atomic E-state index is 12.5. The summed E-state index contributed by atoms with van der Waals surface area (Å²) in [6, 6.07) is 7.41. The molecule has 2 amide bonds. The molecule has 0 saturated carbocycles. The van der Waals surface area contributed by atoms with Crippen LogP contribution in [0.2, 0.25) is 0 Å². The van der Waals surface area contributed by atoms with Crippen LogP contribution < -0.4 is 5.32 Å². The number of aliphatic hydroxyl groups is 2. The van der Waals surface area contributed by atoms with E-state index < -0.39 is 29.7 Å². The number of hydrogen-bond acceptors (Lipinski definition) is 4. The number of likely N-dealkylation sites (tertiary alicyclic amines) is 1. The van der Waals surface area contributed by atoms with E-state index in [2.05, 4.69) is 5.32 Å². The van der Waals surface area contributed by atoms with E-state index in [4.69, 9.17) is 0 Å². The Morgan fingerprint density at radius 1 is 1.18 bits per heavy atom. The molecule has 3 atom stereocenters. The Bertz CT molecular complexity index is 553. The fourth-order valence-electron chi connectivity index (χ4n) is 2.51. The summed E-state index contributed by atoms with van der Waals surface area (Å²) in [5.41, 5.74) is -0.0800. The van der Waals surface area contributed by atoms with Gasteiger partial charge >= 0.3 is 0 Å². The maximum Gasteiger partial charge on any atom is 0.254 e. The van der Waals surface area contributed by atoms with Crippen LogP contribution in [0.3, 0.4) is 0 Å². The summed E-state index contributed by atoms with van der Waals surface area (Å²) in [6.45, 7) is 5.36.